The van der Waals surface area contributed by atoms with Crippen LogP contribution < -0.4 is 9.47 Å². The Morgan fingerprint density at radius 2 is 1.57 bits per heavy atom. The van der Waals surface area contributed by atoms with Crippen LogP contribution in [-0.2, 0) is 27.2 Å². The van der Waals surface area contributed by atoms with E-state index >= 15 is 0 Å². The van der Waals surface area contributed by atoms with Crippen molar-refractivity contribution in [2.45, 2.75) is 25.7 Å². The molecule has 0 unspecified atom stereocenters. The average Bonchev–Trinajstić information content (AvgIpc) is 3.83. The van der Waals surface area contributed by atoms with E-state index in [9.17, 15) is 14.0 Å². The predicted octanol–water partition coefficient (Wildman–Crippen LogP) is 4.98. The lowest BCUT2D eigenvalue weighted by Crippen LogP contribution is -2.38. The molecule has 8 nitrogen and oxygen atoms in total. The molecule has 4 aromatic rings. The average molecular weight is 570 g/mol. The van der Waals surface area contributed by atoms with Gasteiger partial charge in [-0.25, -0.2) is 9.37 Å². The molecule has 1 aliphatic heterocycles. The highest BCUT2D eigenvalue weighted by Crippen LogP contribution is 2.48. The van der Waals surface area contributed by atoms with E-state index in [4.69, 9.17) is 14.2 Å². The van der Waals surface area contributed by atoms with E-state index in [2.05, 4.69) is 14.9 Å². The quantitative estimate of drug-likeness (QED) is 0.221. The summed E-state index contributed by atoms with van der Waals surface area (Å²) in [6.45, 7) is 4.68. The summed E-state index contributed by atoms with van der Waals surface area (Å²) in [7, 11) is 0. The molecule has 216 valence electrons. The predicted molar refractivity (Wildman–Crippen MR) is 154 cm³/mol. The molecule has 1 saturated heterocycles. The molecule has 0 bridgehead atoms. The minimum Gasteiger partial charge on any atom is -0.476 e. The molecule has 0 radical (unpaired) electrons. The summed E-state index contributed by atoms with van der Waals surface area (Å²) in [6.07, 6.45) is 4.82. The topological polar surface area (TPSA) is 90.9 Å². The lowest BCUT2D eigenvalue weighted by molar-refractivity contribution is -0.133. The Morgan fingerprint density at radius 1 is 0.905 bits per heavy atom. The van der Waals surface area contributed by atoms with Crippen LogP contribution in [0.25, 0.3) is 10.9 Å². The van der Waals surface area contributed by atoms with Crippen molar-refractivity contribution >= 4 is 22.5 Å². The number of rotatable bonds is 12. The van der Waals surface area contributed by atoms with E-state index in [1.165, 1.54) is 12.1 Å². The molecular formula is C33H32FN3O5. The second-order valence-electron chi connectivity index (χ2n) is 10.8. The van der Waals surface area contributed by atoms with E-state index in [0.717, 1.165) is 43.8 Å². The summed E-state index contributed by atoms with van der Waals surface area (Å²) in [5.41, 5.74) is 1.32. The third-order valence-corrected chi connectivity index (χ3v) is 7.93. The highest BCUT2D eigenvalue weighted by atomic mass is 19.1. The number of pyridine rings is 2. The number of ketones is 2. The number of ether oxygens (including phenoxy) is 3. The maximum atomic E-state index is 13.2. The standard InChI is InChI=1S/C33H32FN3O5/c34-25-5-1-23(2-6-25)19-30(38)33(10-11-33)31(39)20-24-3-7-26(8-4-24)42-29-9-12-35-28-21-32(36-22-27(28)29)41-18-15-37-13-16-40-17-14-37/h1-9,12,21-22H,10-11,13-20H2. The van der Waals surface area contributed by atoms with Gasteiger partial charge in [-0.3, -0.25) is 19.5 Å². The molecule has 42 heavy (non-hydrogen) atoms. The molecule has 0 spiro atoms. The number of hydrogen-bond acceptors (Lipinski definition) is 8. The van der Waals surface area contributed by atoms with Gasteiger partial charge < -0.3 is 14.2 Å². The molecule has 0 atom stereocenters. The van der Waals surface area contributed by atoms with Crippen molar-refractivity contribution in [3.05, 3.63) is 90.0 Å². The molecule has 0 amide bonds. The van der Waals surface area contributed by atoms with Crippen molar-refractivity contribution in [1.82, 2.24) is 14.9 Å². The zero-order valence-corrected chi connectivity index (χ0v) is 23.3. The Hall–Kier alpha value is -4.21. The molecule has 6 rings (SSSR count). The first kappa shape index (κ1) is 27.9. The third-order valence-electron chi connectivity index (χ3n) is 7.93. The number of carbonyl (C=O) groups is 2. The summed E-state index contributed by atoms with van der Waals surface area (Å²) in [6, 6.07) is 16.7. The van der Waals surface area contributed by atoms with Crippen LogP contribution in [0.4, 0.5) is 4.39 Å². The molecule has 2 aliphatic rings. The molecule has 3 heterocycles. The highest BCUT2D eigenvalue weighted by molar-refractivity contribution is 6.10. The Labute approximate surface area is 243 Å². The van der Waals surface area contributed by atoms with Gasteiger partial charge in [-0.15, -0.1) is 0 Å². The zero-order chi connectivity index (χ0) is 28.9. The number of benzene rings is 2. The Bertz CT molecular complexity index is 1570. The van der Waals surface area contributed by atoms with Crippen LogP contribution in [0.3, 0.4) is 0 Å². The molecule has 2 aromatic heterocycles. The SMILES string of the molecule is O=C(Cc1ccc(F)cc1)C1(C(=O)Cc2ccc(Oc3ccnc4cc(OCCN5CCOCC5)ncc34)cc2)CC1. The summed E-state index contributed by atoms with van der Waals surface area (Å²) in [5.74, 6) is 1.22. The second-order valence-corrected chi connectivity index (χ2v) is 10.8. The molecule has 2 aromatic carbocycles. The van der Waals surface area contributed by atoms with E-state index in [1.807, 2.05) is 24.3 Å². The molecule has 2 fully saturated rings. The smallest absolute Gasteiger partial charge is 0.215 e. The van der Waals surface area contributed by atoms with Gasteiger partial charge >= 0.3 is 0 Å². The van der Waals surface area contributed by atoms with Gasteiger partial charge in [0.25, 0.3) is 0 Å². The van der Waals surface area contributed by atoms with Gasteiger partial charge in [-0.05, 0) is 54.3 Å². The summed E-state index contributed by atoms with van der Waals surface area (Å²) < 4.78 is 30.6. The lowest BCUT2D eigenvalue weighted by atomic mass is 9.88. The van der Waals surface area contributed by atoms with Crippen molar-refractivity contribution in [2.24, 2.45) is 5.41 Å². The normalized spacial score (nSPS) is 16.2. The van der Waals surface area contributed by atoms with E-state index < -0.39 is 5.41 Å². The summed E-state index contributed by atoms with van der Waals surface area (Å²) in [5, 5.41) is 0.757. The van der Waals surface area contributed by atoms with Crippen LogP contribution >= 0.6 is 0 Å². The van der Waals surface area contributed by atoms with Crippen LogP contribution in [0.5, 0.6) is 17.4 Å². The van der Waals surface area contributed by atoms with Gasteiger partial charge in [0, 0.05) is 50.9 Å². The number of aromatic nitrogens is 2. The Morgan fingerprint density at radius 3 is 2.24 bits per heavy atom. The number of Topliss-reactive ketones (excluding diaryl/α,β-unsaturated/α-hetero) is 2. The monoisotopic (exact) mass is 569 g/mol. The van der Waals surface area contributed by atoms with Gasteiger partial charge in [0.05, 0.1) is 29.5 Å². The number of hydrogen-bond donors (Lipinski definition) is 0. The molecular weight excluding hydrogens is 537 g/mol. The fourth-order valence-corrected chi connectivity index (χ4v) is 5.22. The largest absolute Gasteiger partial charge is 0.476 e. The molecule has 1 aliphatic carbocycles. The van der Waals surface area contributed by atoms with Crippen molar-refractivity contribution in [2.75, 3.05) is 39.5 Å². The fraction of sp³-hybridized carbons (Fsp3) is 0.333. The minimum absolute atomic E-state index is 0.0718. The van der Waals surface area contributed by atoms with Crippen LogP contribution in [0.2, 0.25) is 0 Å². The zero-order valence-electron chi connectivity index (χ0n) is 23.3. The number of morpholine rings is 1. The lowest BCUT2D eigenvalue weighted by Gasteiger charge is -2.26. The molecule has 1 saturated carbocycles. The number of halogens is 1. The highest BCUT2D eigenvalue weighted by Gasteiger charge is 2.54. The second kappa shape index (κ2) is 12.3. The minimum atomic E-state index is -0.919. The van der Waals surface area contributed by atoms with E-state index in [1.54, 1.807) is 36.7 Å². The van der Waals surface area contributed by atoms with Crippen molar-refractivity contribution in [3.63, 3.8) is 0 Å². The van der Waals surface area contributed by atoms with Crippen molar-refractivity contribution in [3.8, 4) is 17.4 Å². The van der Waals surface area contributed by atoms with Crippen LogP contribution in [0.15, 0.2) is 73.1 Å². The first-order chi connectivity index (χ1) is 20.5. The first-order valence-corrected chi connectivity index (χ1v) is 14.2. The maximum Gasteiger partial charge on any atom is 0.215 e. The van der Waals surface area contributed by atoms with Gasteiger partial charge in [0.1, 0.15) is 23.9 Å². The summed E-state index contributed by atoms with van der Waals surface area (Å²) >= 11 is 0. The van der Waals surface area contributed by atoms with Gasteiger partial charge in [-0.1, -0.05) is 24.3 Å². The van der Waals surface area contributed by atoms with E-state index in [0.29, 0.717) is 47.9 Å². The van der Waals surface area contributed by atoms with E-state index in [-0.39, 0.29) is 30.2 Å². The number of carbonyl (C=O) groups excluding carboxylic acids is 2. The Balaban J connectivity index is 1.05. The van der Waals surface area contributed by atoms with Gasteiger partial charge in [0.15, 0.2) is 11.6 Å². The van der Waals surface area contributed by atoms with Crippen LogP contribution in [0.1, 0.15) is 24.0 Å². The van der Waals surface area contributed by atoms with Crippen LogP contribution in [0, 0.1) is 11.2 Å². The Kier molecular flexibility index (Phi) is 8.21. The number of fused-ring (bicyclic) bond motifs is 1. The first-order valence-electron chi connectivity index (χ1n) is 14.2. The number of nitrogens with zero attached hydrogens (tertiary/aromatic N) is 3. The molecule has 9 heteroatoms. The van der Waals surface area contributed by atoms with Crippen molar-refractivity contribution < 1.29 is 28.2 Å². The van der Waals surface area contributed by atoms with Crippen LogP contribution in [-0.4, -0.2) is 65.9 Å². The maximum absolute atomic E-state index is 13.2. The van der Waals surface area contributed by atoms with Crippen molar-refractivity contribution in [1.29, 1.82) is 0 Å². The van der Waals surface area contributed by atoms with Gasteiger partial charge in [0.2, 0.25) is 5.88 Å². The third kappa shape index (κ3) is 6.48. The van der Waals surface area contributed by atoms with Gasteiger partial charge in [-0.2, -0.15) is 0 Å². The summed E-state index contributed by atoms with van der Waals surface area (Å²) in [4.78, 5) is 37.3. The molecule has 0 N–H and O–H groups in total. The fourth-order valence-electron chi connectivity index (χ4n) is 5.22.